The number of rotatable bonds is 19. The summed E-state index contributed by atoms with van der Waals surface area (Å²) in [5.41, 5.74) is 18.3. The van der Waals surface area contributed by atoms with E-state index in [0.29, 0.717) is 22.0 Å². The van der Waals surface area contributed by atoms with Crippen LogP contribution < -0.4 is 70.4 Å². The van der Waals surface area contributed by atoms with Crippen LogP contribution in [-0.4, -0.2) is 143 Å². The Hall–Kier alpha value is -9.29. The van der Waals surface area contributed by atoms with Gasteiger partial charge in [-0.15, -0.1) is 0 Å². The number of nitrogens with one attached hydrogen (secondary N) is 13. The summed E-state index contributed by atoms with van der Waals surface area (Å²) in [4.78, 5) is 140. The van der Waals surface area contributed by atoms with Gasteiger partial charge in [0.05, 0.1) is 11.6 Å². The van der Waals surface area contributed by atoms with E-state index in [2.05, 4.69) is 58.2 Å². The molecule has 78 heavy (non-hydrogen) atoms. The highest BCUT2D eigenvalue weighted by Gasteiger charge is 2.35. The summed E-state index contributed by atoms with van der Waals surface area (Å²) in [5.74, 6) is -10.0. The molecule has 1 aliphatic heterocycles. The van der Waals surface area contributed by atoms with E-state index in [1.165, 1.54) is 24.3 Å². The van der Waals surface area contributed by atoms with E-state index in [4.69, 9.17) is 28.0 Å². The first kappa shape index (κ1) is 61.3. The number of aromatic amines is 1. The predicted octanol–water partition coefficient (Wildman–Crippen LogP) is -3.19. The van der Waals surface area contributed by atoms with Gasteiger partial charge in [-0.05, 0) is 80.7 Å². The second-order valence-corrected chi connectivity index (χ2v) is 18.5. The number of fused-ring (bicyclic) bond motifs is 1. The molecule has 2 aromatic carbocycles. The normalized spacial score (nSPS) is 20.6. The van der Waals surface area contributed by atoms with Gasteiger partial charge in [0.1, 0.15) is 42.3 Å². The molecular weight excluding hydrogens is 1010 g/mol. The topological polar surface area (TPSA) is 477 Å². The fraction of sp³-hybridized carbons (Fsp3) is 0.460. The van der Waals surface area contributed by atoms with E-state index in [0.717, 1.165) is 6.92 Å². The molecule has 3 aromatic rings. The van der Waals surface area contributed by atoms with Crippen LogP contribution in [0.3, 0.4) is 0 Å². The summed E-state index contributed by atoms with van der Waals surface area (Å²) < 4.78 is 0. The zero-order valence-corrected chi connectivity index (χ0v) is 43.1. The number of nitriles is 1. The van der Waals surface area contributed by atoms with Crippen LogP contribution in [-0.2, 0) is 60.8 Å². The summed E-state index contributed by atoms with van der Waals surface area (Å²) >= 11 is 0. The average molecular weight is 1080 g/mol. The number of hydrogen-bond acceptors (Lipinski definition) is 13. The number of primary amides is 1. The van der Waals surface area contributed by atoms with Crippen molar-refractivity contribution in [1.29, 1.82) is 16.1 Å². The van der Waals surface area contributed by atoms with Crippen LogP contribution in [0.25, 0.3) is 10.9 Å². The molecule has 2 heterocycles. The van der Waals surface area contributed by atoms with Gasteiger partial charge in [0.25, 0.3) is 0 Å². The van der Waals surface area contributed by atoms with Gasteiger partial charge >= 0.3 is 5.97 Å². The van der Waals surface area contributed by atoms with Crippen molar-refractivity contribution in [2.24, 2.45) is 17.2 Å². The minimum atomic E-state index is -1.65. The highest BCUT2D eigenvalue weighted by molar-refractivity contribution is 5.98. The lowest BCUT2D eigenvalue weighted by atomic mass is 10.0. The highest BCUT2D eigenvalue weighted by Crippen LogP contribution is 2.20. The Bertz CT molecular complexity index is 2710. The van der Waals surface area contributed by atoms with E-state index in [-0.39, 0.29) is 88.5 Å². The van der Waals surface area contributed by atoms with E-state index >= 15 is 0 Å². The van der Waals surface area contributed by atoms with Gasteiger partial charge in [-0.2, -0.15) is 5.26 Å². The molecule has 4 rings (SSSR count). The lowest BCUT2D eigenvalue weighted by molar-refractivity contribution is -0.142. The van der Waals surface area contributed by atoms with Crippen molar-refractivity contribution < 1.29 is 53.1 Å². The minimum absolute atomic E-state index is 0.00266. The Kier molecular flexibility index (Phi) is 24.3. The summed E-state index contributed by atoms with van der Waals surface area (Å²) in [6, 6.07) is 4.53. The molecule has 0 bridgehead atoms. The Morgan fingerprint density at radius 1 is 0.756 bits per heavy atom. The molecule has 20 N–H and O–H groups in total. The number of benzene rings is 2. The fourth-order valence-corrected chi connectivity index (χ4v) is 8.34. The second-order valence-electron chi connectivity index (χ2n) is 18.5. The summed E-state index contributed by atoms with van der Waals surface area (Å²) in [7, 11) is 0. The van der Waals surface area contributed by atoms with Crippen LogP contribution in [0, 0.1) is 22.1 Å². The average Bonchev–Trinajstić information content (AvgIpc) is 3.81. The largest absolute Gasteiger partial charge is 0.480 e. The van der Waals surface area contributed by atoms with Gasteiger partial charge in [-0.1, -0.05) is 30.3 Å². The number of carboxylic acids is 1. The molecule has 0 aliphatic carbocycles. The van der Waals surface area contributed by atoms with Gasteiger partial charge in [-0.3, -0.25) is 54.0 Å². The van der Waals surface area contributed by atoms with Crippen molar-refractivity contribution in [2.75, 3.05) is 19.6 Å². The Labute approximate surface area is 448 Å². The third kappa shape index (κ3) is 20.8. The van der Waals surface area contributed by atoms with Crippen molar-refractivity contribution in [3.8, 4) is 6.07 Å². The van der Waals surface area contributed by atoms with E-state index < -0.39 is 127 Å². The number of hydrogen-bond donors (Lipinski definition) is 17. The molecule has 1 saturated heterocycles. The monoisotopic (exact) mass is 1080 g/mol. The maximum atomic E-state index is 14.7. The highest BCUT2D eigenvalue weighted by atomic mass is 16.4. The van der Waals surface area contributed by atoms with E-state index in [9.17, 15) is 58.3 Å². The molecule has 1 aliphatic rings. The van der Waals surface area contributed by atoms with Gasteiger partial charge in [-0.25, -0.2) is 4.79 Å². The maximum absolute atomic E-state index is 14.7. The number of guanidine groups is 2. The van der Waals surface area contributed by atoms with Gasteiger partial charge in [0.2, 0.25) is 53.2 Å². The number of nitrogens with two attached hydrogens (primary N) is 3. The number of nitrogens with zero attached hydrogens (tertiary/aromatic N) is 1. The number of H-pyrrole nitrogens is 1. The van der Waals surface area contributed by atoms with Crippen LogP contribution in [0.5, 0.6) is 0 Å². The van der Waals surface area contributed by atoms with Crippen LogP contribution in [0.15, 0.2) is 54.7 Å². The molecule has 0 radical (unpaired) electrons. The fourth-order valence-electron chi connectivity index (χ4n) is 8.34. The molecule has 9 amide bonds. The molecule has 28 heteroatoms. The number of amides is 9. The second kappa shape index (κ2) is 30.9. The zero-order chi connectivity index (χ0) is 57.3. The molecule has 7 atom stereocenters. The molecule has 1 fully saturated rings. The van der Waals surface area contributed by atoms with Crippen LogP contribution >= 0.6 is 0 Å². The van der Waals surface area contributed by atoms with Crippen LogP contribution in [0.1, 0.15) is 87.8 Å². The zero-order valence-electron chi connectivity index (χ0n) is 43.1. The number of carbonyl (C=O) groups is 10. The standard InChI is InChI=1S/C50H69N17O11/c1-27(68)61-33(9-4-21-58-49(53)54)42(71)64-36-17-19-41(70)57-20-6-11-37(48(77)78)65-47(76)39(24-30-26-60-32-8-3-2-7-31(30)32)67-43(72)34(10-5-22-59-50(55)56)62-46(75)38(23-28-12-14-29(25-51)15-13-28)66-45(74)35(63-44(36)73)16-18-40(52)69/h2-3,7-8,12-15,26,33-39,60H,4-6,9-11,16-24H2,1H3,(H2,52,69)(H,57,70)(H,61,68)(H,62,75)(H,63,73)(H,64,71)(H,65,76)(H,66,74)(H,67,72)(H,77,78)(H4,53,54,58)(H4,55,56,59)/t33-,34-,35-,36-,37-,38+,39-/m0/s1. The van der Waals surface area contributed by atoms with Gasteiger partial charge in [0, 0.05) is 69.3 Å². The van der Waals surface area contributed by atoms with Crippen molar-refractivity contribution in [1.82, 2.24) is 58.2 Å². The van der Waals surface area contributed by atoms with Crippen molar-refractivity contribution in [3.63, 3.8) is 0 Å². The SMILES string of the molecule is CC(=O)N[C@@H](CCCNC(=N)N)C(=O)N[C@H]1CCC(=O)NCCC[C@@H](C(=O)O)NC(=O)[C@H](Cc2c[nH]c3ccccc23)NC(=O)[C@H](CCCNC(=N)N)NC(=O)[C@@H](Cc2ccc(C#N)cc2)NC(=O)[C@H](CCC(N)=O)NC1=O. The first-order valence-corrected chi connectivity index (χ1v) is 25.2. The minimum Gasteiger partial charge on any atom is -0.480 e. The lowest BCUT2D eigenvalue weighted by Crippen LogP contribution is -2.60. The first-order valence-electron chi connectivity index (χ1n) is 25.2. The molecule has 420 valence electrons. The quantitative estimate of drug-likeness (QED) is 0.0319. The smallest absolute Gasteiger partial charge is 0.326 e. The third-order valence-corrected chi connectivity index (χ3v) is 12.4. The Morgan fingerprint density at radius 3 is 1.97 bits per heavy atom. The Morgan fingerprint density at radius 2 is 1.35 bits per heavy atom. The third-order valence-electron chi connectivity index (χ3n) is 12.4. The predicted molar refractivity (Wildman–Crippen MR) is 282 cm³/mol. The number of para-hydroxylation sites is 1. The molecular formula is C50H69N17O11. The number of aromatic nitrogens is 1. The molecule has 0 saturated carbocycles. The Balaban J connectivity index is 1.80. The summed E-state index contributed by atoms with van der Waals surface area (Å²) in [6.07, 6.45) is -0.639. The van der Waals surface area contributed by atoms with Gasteiger partial charge < -0.3 is 80.5 Å². The molecule has 0 unspecified atom stereocenters. The van der Waals surface area contributed by atoms with Crippen molar-refractivity contribution in [2.45, 2.75) is 126 Å². The van der Waals surface area contributed by atoms with E-state index in [1.807, 2.05) is 6.07 Å². The van der Waals surface area contributed by atoms with Crippen molar-refractivity contribution in [3.05, 3.63) is 71.4 Å². The number of aliphatic carboxylic acids is 1. The van der Waals surface area contributed by atoms with Crippen LogP contribution in [0.2, 0.25) is 0 Å². The molecule has 28 nitrogen and oxygen atoms in total. The van der Waals surface area contributed by atoms with Crippen molar-refractivity contribution >= 4 is 82.0 Å². The number of carboxylic acid groups (broad SMARTS) is 1. The maximum Gasteiger partial charge on any atom is 0.326 e. The summed E-state index contributed by atoms with van der Waals surface area (Å²) in [5, 5.41) is 61.2. The number of carbonyl (C=O) groups excluding carboxylic acids is 9. The first-order chi connectivity index (χ1) is 37.1. The van der Waals surface area contributed by atoms with Gasteiger partial charge in [0.15, 0.2) is 11.9 Å². The lowest BCUT2D eigenvalue weighted by Gasteiger charge is -2.28. The molecule has 0 spiro atoms. The van der Waals surface area contributed by atoms with Crippen LogP contribution in [0.4, 0.5) is 0 Å². The van der Waals surface area contributed by atoms with E-state index in [1.54, 1.807) is 30.5 Å². The molecule has 1 aromatic heterocycles. The summed E-state index contributed by atoms with van der Waals surface area (Å²) in [6.45, 7) is 1.23.